The topological polar surface area (TPSA) is 27.7 Å². The maximum Gasteiger partial charge on any atom is 0.168 e. The van der Waals surface area contributed by atoms with Gasteiger partial charge >= 0.3 is 0 Å². The van der Waals surface area contributed by atoms with Crippen molar-refractivity contribution in [3.8, 4) is 0 Å². The van der Waals surface area contributed by atoms with Crippen LogP contribution in [-0.2, 0) is 14.2 Å². The second-order valence-electron chi connectivity index (χ2n) is 2.77. The Morgan fingerprint density at radius 2 is 1.75 bits per heavy atom. The molecule has 0 heterocycles. The van der Waals surface area contributed by atoms with E-state index < -0.39 is 5.79 Å². The van der Waals surface area contributed by atoms with Crippen molar-refractivity contribution < 1.29 is 14.2 Å². The minimum Gasteiger partial charge on any atom is -0.502 e. The third-order valence-electron chi connectivity index (χ3n) is 1.95. The molecule has 0 aromatic rings. The third kappa shape index (κ3) is 3.74. The van der Waals surface area contributed by atoms with Crippen LogP contribution in [0.25, 0.3) is 0 Å². The maximum atomic E-state index is 5.16. The molecular formula is C9H18O3. The smallest absolute Gasteiger partial charge is 0.168 e. The Hall–Kier alpha value is -0.540. The van der Waals surface area contributed by atoms with Gasteiger partial charge in [-0.05, 0) is 19.9 Å². The lowest BCUT2D eigenvalue weighted by atomic mass is 10.2. The lowest BCUT2D eigenvalue weighted by molar-refractivity contribution is -0.190. The fraction of sp³-hybridized carbons (Fsp3) is 0.778. The number of ether oxygens (including phenoxy) is 3. The minimum atomic E-state index is -0.542. The molecule has 0 aromatic heterocycles. The first-order chi connectivity index (χ1) is 5.58. The summed E-state index contributed by atoms with van der Waals surface area (Å²) in [6, 6.07) is 0. The van der Waals surface area contributed by atoms with Gasteiger partial charge in [0.15, 0.2) is 5.79 Å². The van der Waals surface area contributed by atoms with Gasteiger partial charge in [0, 0.05) is 20.6 Å². The van der Waals surface area contributed by atoms with Crippen LogP contribution in [0.1, 0.15) is 20.3 Å². The van der Waals surface area contributed by atoms with Crippen molar-refractivity contribution in [3.05, 3.63) is 11.8 Å². The number of methoxy groups -OCH3 is 3. The predicted octanol–water partition coefficient (Wildman–Crippen LogP) is 1.94. The lowest BCUT2D eigenvalue weighted by Gasteiger charge is -2.24. The van der Waals surface area contributed by atoms with Crippen molar-refractivity contribution in [3.63, 3.8) is 0 Å². The predicted molar refractivity (Wildman–Crippen MR) is 47.8 cm³/mol. The molecule has 0 rings (SSSR count). The number of allylic oxidation sites excluding steroid dienone is 1. The fourth-order valence-corrected chi connectivity index (χ4v) is 0.662. The summed E-state index contributed by atoms with van der Waals surface area (Å²) < 4.78 is 15.3. The zero-order chi connectivity index (χ0) is 9.61. The molecule has 0 bridgehead atoms. The second-order valence-corrected chi connectivity index (χ2v) is 2.77. The average molecular weight is 174 g/mol. The zero-order valence-corrected chi connectivity index (χ0v) is 8.51. The molecule has 0 fully saturated rings. The first-order valence-electron chi connectivity index (χ1n) is 3.89. The van der Waals surface area contributed by atoms with E-state index in [0.717, 1.165) is 5.76 Å². The monoisotopic (exact) mass is 174 g/mol. The van der Waals surface area contributed by atoms with Gasteiger partial charge in [-0.3, -0.25) is 0 Å². The molecule has 0 saturated heterocycles. The van der Waals surface area contributed by atoms with Crippen LogP contribution in [0.3, 0.4) is 0 Å². The Balaban J connectivity index is 4.04. The fourth-order valence-electron chi connectivity index (χ4n) is 0.662. The molecule has 0 N–H and O–H groups in total. The molecule has 0 amide bonds. The van der Waals surface area contributed by atoms with Crippen LogP contribution in [0.4, 0.5) is 0 Å². The first-order valence-corrected chi connectivity index (χ1v) is 3.89. The van der Waals surface area contributed by atoms with Crippen LogP contribution in [0.2, 0.25) is 0 Å². The molecule has 0 saturated carbocycles. The van der Waals surface area contributed by atoms with Gasteiger partial charge in [-0.2, -0.15) is 0 Å². The highest BCUT2D eigenvalue weighted by molar-refractivity contribution is 4.91. The van der Waals surface area contributed by atoms with E-state index in [-0.39, 0.29) is 0 Å². The van der Waals surface area contributed by atoms with Crippen LogP contribution in [0.15, 0.2) is 11.8 Å². The van der Waals surface area contributed by atoms with Crippen molar-refractivity contribution in [2.75, 3.05) is 21.3 Å². The van der Waals surface area contributed by atoms with Gasteiger partial charge in [0.25, 0.3) is 0 Å². The normalized spacial score (nSPS) is 13.2. The van der Waals surface area contributed by atoms with Gasteiger partial charge < -0.3 is 14.2 Å². The molecule has 3 nitrogen and oxygen atoms in total. The van der Waals surface area contributed by atoms with E-state index >= 15 is 0 Å². The number of rotatable bonds is 5. The van der Waals surface area contributed by atoms with E-state index in [1.165, 1.54) is 0 Å². The summed E-state index contributed by atoms with van der Waals surface area (Å²) in [5.41, 5.74) is 0. The van der Waals surface area contributed by atoms with E-state index in [0.29, 0.717) is 6.42 Å². The third-order valence-corrected chi connectivity index (χ3v) is 1.95. The molecule has 0 atom stereocenters. The van der Waals surface area contributed by atoms with Crippen molar-refractivity contribution in [2.24, 2.45) is 0 Å². The van der Waals surface area contributed by atoms with Gasteiger partial charge in [0.1, 0.15) is 0 Å². The highest BCUT2D eigenvalue weighted by Crippen LogP contribution is 2.16. The quantitative estimate of drug-likeness (QED) is 0.471. The van der Waals surface area contributed by atoms with E-state index in [9.17, 15) is 0 Å². The van der Waals surface area contributed by atoms with Gasteiger partial charge in [0.2, 0.25) is 0 Å². The summed E-state index contributed by atoms with van der Waals surface area (Å²) in [5.74, 6) is 0.329. The van der Waals surface area contributed by atoms with Crippen LogP contribution in [0.5, 0.6) is 0 Å². The Morgan fingerprint density at radius 3 is 2.08 bits per heavy atom. The molecule has 3 heteroatoms. The summed E-state index contributed by atoms with van der Waals surface area (Å²) in [7, 11) is 4.89. The van der Waals surface area contributed by atoms with Gasteiger partial charge in [0.05, 0.1) is 12.9 Å². The van der Waals surface area contributed by atoms with Crippen LogP contribution in [-0.4, -0.2) is 27.1 Å². The molecule has 0 aliphatic heterocycles. The standard InChI is InChI=1S/C9H18O3/c1-8(10-3)6-7-9(2,11-4)12-5/h6H,7H2,1-5H3. The molecule has 12 heavy (non-hydrogen) atoms. The minimum absolute atomic E-state index is 0.542. The summed E-state index contributed by atoms with van der Waals surface area (Å²) in [6.45, 7) is 3.78. The molecule has 0 radical (unpaired) electrons. The summed E-state index contributed by atoms with van der Waals surface area (Å²) in [6.07, 6.45) is 2.62. The van der Waals surface area contributed by atoms with E-state index in [1.54, 1.807) is 21.3 Å². The lowest BCUT2D eigenvalue weighted by Crippen LogP contribution is -2.28. The number of hydrogen-bond acceptors (Lipinski definition) is 3. The summed E-state index contributed by atoms with van der Waals surface area (Å²) in [4.78, 5) is 0. The highest BCUT2D eigenvalue weighted by Gasteiger charge is 2.20. The molecule has 72 valence electrons. The zero-order valence-electron chi connectivity index (χ0n) is 8.51. The summed E-state index contributed by atoms with van der Waals surface area (Å²) in [5, 5.41) is 0. The maximum absolute atomic E-state index is 5.16. The van der Waals surface area contributed by atoms with Crippen molar-refractivity contribution in [1.29, 1.82) is 0 Å². The van der Waals surface area contributed by atoms with E-state index in [4.69, 9.17) is 14.2 Å². The Labute approximate surface area is 74.3 Å². The first kappa shape index (κ1) is 11.5. The van der Waals surface area contributed by atoms with E-state index in [1.807, 2.05) is 19.9 Å². The largest absolute Gasteiger partial charge is 0.502 e. The Bertz CT molecular complexity index is 148. The second kappa shape index (κ2) is 5.17. The van der Waals surface area contributed by atoms with Gasteiger partial charge in [-0.1, -0.05) is 0 Å². The molecule has 0 aliphatic rings. The van der Waals surface area contributed by atoms with Gasteiger partial charge in [-0.15, -0.1) is 0 Å². The van der Waals surface area contributed by atoms with Crippen LogP contribution < -0.4 is 0 Å². The molecular weight excluding hydrogens is 156 g/mol. The van der Waals surface area contributed by atoms with Crippen molar-refractivity contribution >= 4 is 0 Å². The molecule has 0 spiro atoms. The molecule has 0 aromatic carbocycles. The number of hydrogen-bond donors (Lipinski definition) is 0. The SMILES string of the molecule is COC(C)=CCC(C)(OC)OC. The van der Waals surface area contributed by atoms with Crippen LogP contribution >= 0.6 is 0 Å². The van der Waals surface area contributed by atoms with E-state index in [2.05, 4.69) is 0 Å². The van der Waals surface area contributed by atoms with Gasteiger partial charge in [-0.25, -0.2) is 0 Å². The average Bonchev–Trinajstić information content (AvgIpc) is 2.13. The Morgan fingerprint density at radius 1 is 1.25 bits per heavy atom. The molecule has 0 aliphatic carbocycles. The van der Waals surface area contributed by atoms with Crippen molar-refractivity contribution in [1.82, 2.24) is 0 Å². The van der Waals surface area contributed by atoms with Crippen molar-refractivity contribution in [2.45, 2.75) is 26.1 Å². The van der Waals surface area contributed by atoms with Crippen LogP contribution in [0, 0.1) is 0 Å². The highest BCUT2D eigenvalue weighted by atomic mass is 16.7. The Kier molecular flexibility index (Phi) is 4.93. The molecule has 0 unspecified atom stereocenters. The summed E-state index contributed by atoms with van der Waals surface area (Å²) >= 11 is 0.